The number of hydrogen-bond donors (Lipinski definition) is 3. The molecule has 20 heavy (non-hydrogen) atoms. The Bertz CT molecular complexity index is 573. The van der Waals surface area contributed by atoms with Crippen LogP contribution in [0.3, 0.4) is 0 Å². The molecule has 0 bridgehead atoms. The van der Waals surface area contributed by atoms with E-state index in [9.17, 15) is 4.79 Å². The molecule has 5 heteroatoms. The number of H-pyrrole nitrogens is 1. The van der Waals surface area contributed by atoms with Crippen molar-refractivity contribution in [2.75, 3.05) is 13.1 Å². The topological polar surface area (TPSA) is 69.8 Å². The molecule has 1 amide bonds. The molecular formula is C15H18N4O. The molecule has 1 saturated heterocycles. The van der Waals surface area contributed by atoms with Gasteiger partial charge in [0.25, 0.3) is 5.91 Å². The zero-order valence-electron chi connectivity index (χ0n) is 11.2. The van der Waals surface area contributed by atoms with Crippen molar-refractivity contribution < 1.29 is 4.79 Å². The van der Waals surface area contributed by atoms with Gasteiger partial charge >= 0.3 is 0 Å². The second-order valence-corrected chi connectivity index (χ2v) is 5.04. The molecule has 1 fully saturated rings. The first-order valence-electron chi connectivity index (χ1n) is 6.95. The van der Waals surface area contributed by atoms with Gasteiger partial charge in [-0.3, -0.25) is 9.89 Å². The summed E-state index contributed by atoms with van der Waals surface area (Å²) in [6, 6.07) is 12.0. The molecule has 3 N–H and O–H groups in total. The van der Waals surface area contributed by atoms with Gasteiger partial charge in [0, 0.05) is 18.2 Å². The quantitative estimate of drug-likeness (QED) is 0.789. The number of rotatable bonds is 4. The van der Waals surface area contributed by atoms with E-state index in [1.54, 1.807) is 6.07 Å². The maximum absolute atomic E-state index is 12.0. The van der Waals surface area contributed by atoms with E-state index in [2.05, 4.69) is 20.8 Å². The van der Waals surface area contributed by atoms with Crippen molar-refractivity contribution in [1.82, 2.24) is 20.8 Å². The summed E-state index contributed by atoms with van der Waals surface area (Å²) in [5.41, 5.74) is 2.29. The lowest BCUT2D eigenvalue weighted by atomic mass is 10.1. The molecule has 0 spiro atoms. The van der Waals surface area contributed by atoms with Crippen LogP contribution >= 0.6 is 0 Å². The van der Waals surface area contributed by atoms with Gasteiger partial charge < -0.3 is 10.6 Å². The largest absolute Gasteiger partial charge is 0.349 e. The second-order valence-electron chi connectivity index (χ2n) is 5.04. The summed E-state index contributed by atoms with van der Waals surface area (Å²) in [5, 5.41) is 13.3. The van der Waals surface area contributed by atoms with E-state index >= 15 is 0 Å². The molecule has 1 unspecified atom stereocenters. The summed E-state index contributed by atoms with van der Waals surface area (Å²) in [7, 11) is 0. The summed E-state index contributed by atoms with van der Waals surface area (Å²) >= 11 is 0. The molecule has 0 radical (unpaired) electrons. The molecule has 1 atom stereocenters. The summed E-state index contributed by atoms with van der Waals surface area (Å²) in [5.74, 6) is -0.103. The molecule has 2 heterocycles. The summed E-state index contributed by atoms with van der Waals surface area (Å²) < 4.78 is 0. The zero-order valence-corrected chi connectivity index (χ0v) is 11.2. The van der Waals surface area contributed by atoms with E-state index < -0.39 is 0 Å². The number of hydrogen-bond acceptors (Lipinski definition) is 3. The third-order valence-electron chi connectivity index (χ3n) is 3.56. The Morgan fingerprint density at radius 3 is 2.95 bits per heavy atom. The number of benzene rings is 1. The van der Waals surface area contributed by atoms with Gasteiger partial charge in [-0.05, 0) is 25.5 Å². The second kappa shape index (κ2) is 5.88. The normalized spacial score (nSPS) is 18.1. The first-order chi connectivity index (χ1) is 9.83. The van der Waals surface area contributed by atoms with E-state index in [4.69, 9.17) is 0 Å². The molecule has 1 aromatic heterocycles. The SMILES string of the molecule is O=C(NCC1CCCN1)c1cc(-c2ccccc2)n[nH]1. The molecular weight excluding hydrogens is 252 g/mol. The zero-order chi connectivity index (χ0) is 13.8. The highest BCUT2D eigenvalue weighted by atomic mass is 16.1. The number of amides is 1. The molecule has 5 nitrogen and oxygen atoms in total. The van der Waals surface area contributed by atoms with Crippen LogP contribution in [0, 0.1) is 0 Å². The monoisotopic (exact) mass is 270 g/mol. The van der Waals surface area contributed by atoms with Gasteiger partial charge in [-0.15, -0.1) is 0 Å². The van der Waals surface area contributed by atoms with Crippen molar-refractivity contribution in [3.8, 4) is 11.3 Å². The Morgan fingerprint density at radius 2 is 2.20 bits per heavy atom. The number of carbonyl (C=O) groups excluding carboxylic acids is 1. The molecule has 1 aliphatic rings. The maximum atomic E-state index is 12.0. The standard InChI is InChI=1S/C15H18N4O/c20-15(17-10-12-7-4-8-16-12)14-9-13(18-19-14)11-5-2-1-3-6-11/h1-3,5-6,9,12,16H,4,7-8,10H2,(H,17,20)(H,18,19). The Hall–Kier alpha value is -2.14. The van der Waals surface area contributed by atoms with Crippen LogP contribution in [0.25, 0.3) is 11.3 Å². The predicted molar refractivity (Wildman–Crippen MR) is 77.4 cm³/mol. The summed E-state index contributed by atoms with van der Waals surface area (Å²) in [6.45, 7) is 1.71. The number of nitrogens with zero attached hydrogens (tertiary/aromatic N) is 1. The third kappa shape index (κ3) is 2.88. The van der Waals surface area contributed by atoms with Crippen molar-refractivity contribution in [3.63, 3.8) is 0 Å². The number of aromatic amines is 1. The average molecular weight is 270 g/mol. The third-order valence-corrected chi connectivity index (χ3v) is 3.56. The average Bonchev–Trinajstić information content (AvgIpc) is 3.17. The molecule has 2 aromatic rings. The lowest BCUT2D eigenvalue weighted by Gasteiger charge is -2.10. The van der Waals surface area contributed by atoms with Crippen molar-refractivity contribution in [2.24, 2.45) is 0 Å². The highest BCUT2D eigenvalue weighted by Gasteiger charge is 2.16. The molecule has 104 valence electrons. The number of carbonyl (C=O) groups is 1. The van der Waals surface area contributed by atoms with E-state index in [1.165, 1.54) is 6.42 Å². The number of aromatic nitrogens is 2. The van der Waals surface area contributed by atoms with Gasteiger partial charge in [-0.25, -0.2) is 0 Å². The van der Waals surface area contributed by atoms with Gasteiger partial charge in [0.2, 0.25) is 0 Å². The van der Waals surface area contributed by atoms with Crippen LogP contribution in [-0.2, 0) is 0 Å². The van der Waals surface area contributed by atoms with E-state index in [1.807, 2.05) is 30.3 Å². The fourth-order valence-corrected chi connectivity index (χ4v) is 2.44. The fraction of sp³-hybridized carbons (Fsp3) is 0.333. The van der Waals surface area contributed by atoms with Crippen LogP contribution in [-0.4, -0.2) is 35.2 Å². The van der Waals surface area contributed by atoms with E-state index in [0.717, 1.165) is 24.2 Å². The van der Waals surface area contributed by atoms with Crippen LogP contribution in [0.1, 0.15) is 23.3 Å². The lowest BCUT2D eigenvalue weighted by Crippen LogP contribution is -2.37. The maximum Gasteiger partial charge on any atom is 0.269 e. The molecule has 0 saturated carbocycles. The van der Waals surface area contributed by atoms with Gasteiger partial charge in [-0.1, -0.05) is 30.3 Å². The van der Waals surface area contributed by atoms with Gasteiger partial charge in [-0.2, -0.15) is 5.10 Å². The Labute approximate surface area is 117 Å². The molecule has 1 aromatic carbocycles. The Balaban J connectivity index is 1.62. The Morgan fingerprint density at radius 1 is 1.35 bits per heavy atom. The minimum Gasteiger partial charge on any atom is -0.349 e. The van der Waals surface area contributed by atoms with Crippen LogP contribution in [0.2, 0.25) is 0 Å². The highest BCUT2D eigenvalue weighted by Crippen LogP contribution is 2.16. The van der Waals surface area contributed by atoms with Crippen LogP contribution in [0.15, 0.2) is 36.4 Å². The molecule has 3 rings (SSSR count). The minimum absolute atomic E-state index is 0.103. The van der Waals surface area contributed by atoms with Crippen LogP contribution < -0.4 is 10.6 Å². The van der Waals surface area contributed by atoms with Crippen molar-refractivity contribution in [1.29, 1.82) is 0 Å². The summed E-state index contributed by atoms with van der Waals surface area (Å²) in [6.07, 6.45) is 2.31. The summed E-state index contributed by atoms with van der Waals surface area (Å²) in [4.78, 5) is 12.0. The van der Waals surface area contributed by atoms with E-state index in [-0.39, 0.29) is 5.91 Å². The molecule has 1 aliphatic heterocycles. The van der Waals surface area contributed by atoms with Gasteiger partial charge in [0.1, 0.15) is 5.69 Å². The number of nitrogens with one attached hydrogen (secondary N) is 3. The van der Waals surface area contributed by atoms with Crippen molar-refractivity contribution >= 4 is 5.91 Å². The van der Waals surface area contributed by atoms with Crippen LogP contribution in [0.4, 0.5) is 0 Å². The van der Waals surface area contributed by atoms with Gasteiger partial charge in [0.15, 0.2) is 0 Å². The van der Waals surface area contributed by atoms with Gasteiger partial charge in [0.05, 0.1) is 5.69 Å². The highest BCUT2D eigenvalue weighted by molar-refractivity contribution is 5.93. The lowest BCUT2D eigenvalue weighted by molar-refractivity contribution is 0.0945. The smallest absolute Gasteiger partial charge is 0.269 e. The van der Waals surface area contributed by atoms with Crippen LogP contribution in [0.5, 0.6) is 0 Å². The van der Waals surface area contributed by atoms with Crippen molar-refractivity contribution in [3.05, 3.63) is 42.1 Å². The fourth-order valence-electron chi connectivity index (χ4n) is 2.44. The van der Waals surface area contributed by atoms with Crippen molar-refractivity contribution in [2.45, 2.75) is 18.9 Å². The Kier molecular flexibility index (Phi) is 3.78. The predicted octanol–water partition coefficient (Wildman–Crippen LogP) is 1.56. The molecule has 0 aliphatic carbocycles. The minimum atomic E-state index is -0.103. The first-order valence-corrected chi connectivity index (χ1v) is 6.95. The first kappa shape index (κ1) is 12.9. The van der Waals surface area contributed by atoms with E-state index in [0.29, 0.717) is 18.3 Å².